The van der Waals surface area contributed by atoms with Crippen LogP contribution in [-0.2, 0) is 13.1 Å². The van der Waals surface area contributed by atoms with Crippen molar-refractivity contribution in [1.82, 2.24) is 4.57 Å². The molecule has 19 heavy (non-hydrogen) atoms. The third-order valence-electron chi connectivity index (χ3n) is 2.89. The van der Waals surface area contributed by atoms with Crippen molar-refractivity contribution >= 4 is 5.69 Å². The van der Waals surface area contributed by atoms with E-state index in [1.807, 2.05) is 6.92 Å². The SMILES string of the molecule is CCCn1cc(NCc2ccccc2F)ccc1=O. The van der Waals surface area contributed by atoms with E-state index in [9.17, 15) is 9.18 Å². The molecule has 0 saturated heterocycles. The van der Waals surface area contributed by atoms with Crippen LogP contribution in [0, 0.1) is 5.82 Å². The van der Waals surface area contributed by atoms with Crippen LogP contribution < -0.4 is 10.9 Å². The van der Waals surface area contributed by atoms with Gasteiger partial charge in [0, 0.05) is 30.9 Å². The molecule has 2 rings (SSSR count). The summed E-state index contributed by atoms with van der Waals surface area (Å²) >= 11 is 0. The Bertz CT molecular complexity index is 607. The molecule has 0 aliphatic heterocycles. The Morgan fingerprint density at radius 2 is 2.00 bits per heavy atom. The molecule has 1 heterocycles. The number of rotatable bonds is 5. The molecule has 3 nitrogen and oxygen atoms in total. The molecule has 1 N–H and O–H groups in total. The van der Waals surface area contributed by atoms with Gasteiger partial charge in [-0.15, -0.1) is 0 Å². The van der Waals surface area contributed by atoms with E-state index in [0.717, 1.165) is 12.1 Å². The Balaban J connectivity index is 2.10. The number of nitrogens with zero attached hydrogens (tertiary/aromatic N) is 1. The van der Waals surface area contributed by atoms with E-state index in [0.29, 0.717) is 18.7 Å². The molecule has 0 fully saturated rings. The van der Waals surface area contributed by atoms with Gasteiger partial charge in [-0.2, -0.15) is 0 Å². The van der Waals surface area contributed by atoms with Crippen molar-refractivity contribution in [2.45, 2.75) is 26.4 Å². The Labute approximate surface area is 111 Å². The molecule has 0 unspecified atom stereocenters. The Kier molecular flexibility index (Phi) is 4.34. The maximum atomic E-state index is 13.5. The number of aromatic nitrogens is 1. The van der Waals surface area contributed by atoms with Gasteiger partial charge in [-0.25, -0.2) is 4.39 Å². The lowest BCUT2D eigenvalue weighted by atomic mass is 10.2. The molecule has 0 saturated carbocycles. The smallest absolute Gasteiger partial charge is 0.250 e. The number of aryl methyl sites for hydroxylation is 1. The van der Waals surface area contributed by atoms with Crippen molar-refractivity contribution in [3.8, 4) is 0 Å². The van der Waals surface area contributed by atoms with Gasteiger partial charge < -0.3 is 9.88 Å². The number of halogens is 1. The summed E-state index contributed by atoms with van der Waals surface area (Å²) in [6.07, 6.45) is 2.67. The van der Waals surface area contributed by atoms with Crippen LogP contribution in [0.3, 0.4) is 0 Å². The summed E-state index contributed by atoms with van der Waals surface area (Å²) in [6, 6.07) is 9.90. The lowest BCUT2D eigenvalue weighted by molar-refractivity contribution is 0.612. The average molecular weight is 260 g/mol. The highest BCUT2D eigenvalue weighted by atomic mass is 19.1. The second kappa shape index (κ2) is 6.18. The van der Waals surface area contributed by atoms with Crippen LogP contribution in [0.1, 0.15) is 18.9 Å². The monoisotopic (exact) mass is 260 g/mol. The molecule has 0 radical (unpaired) electrons. The molecule has 2 aromatic rings. The fourth-order valence-corrected chi connectivity index (χ4v) is 1.89. The third kappa shape index (κ3) is 3.44. The Morgan fingerprint density at radius 3 is 2.74 bits per heavy atom. The van der Waals surface area contributed by atoms with Crippen LogP contribution in [0.5, 0.6) is 0 Å². The maximum absolute atomic E-state index is 13.5. The molecular weight excluding hydrogens is 243 g/mol. The highest BCUT2D eigenvalue weighted by Crippen LogP contribution is 2.10. The van der Waals surface area contributed by atoms with Crippen LogP contribution >= 0.6 is 0 Å². The highest BCUT2D eigenvalue weighted by molar-refractivity contribution is 5.41. The summed E-state index contributed by atoms with van der Waals surface area (Å²) in [4.78, 5) is 11.6. The van der Waals surface area contributed by atoms with Crippen LogP contribution in [0.25, 0.3) is 0 Å². The number of nitrogens with one attached hydrogen (secondary N) is 1. The molecule has 0 aliphatic carbocycles. The van der Waals surface area contributed by atoms with Gasteiger partial charge >= 0.3 is 0 Å². The molecule has 0 atom stereocenters. The average Bonchev–Trinajstić information content (AvgIpc) is 2.41. The van der Waals surface area contributed by atoms with Gasteiger partial charge in [0.1, 0.15) is 5.82 Å². The lowest BCUT2D eigenvalue weighted by Crippen LogP contribution is -2.18. The zero-order chi connectivity index (χ0) is 13.7. The maximum Gasteiger partial charge on any atom is 0.250 e. The van der Waals surface area contributed by atoms with Crippen LogP contribution in [0.15, 0.2) is 47.4 Å². The minimum absolute atomic E-state index is 0.0155. The summed E-state index contributed by atoms with van der Waals surface area (Å²) in [5, 5.41) is 3.13. The highest BCUT2D eigenvalue weighted by Gasteiger charge is 2.01. The van der Waals surface area contributed by atoms with Crippen molar-refractivity contribution in [2.24, 2.45) is 0 Å². The van der Waals surface area contributed by atoms with Crippen molar-refractivity contribution in [1.29, 1.82) is 0 Å². The third-order valence-corrected chi connectivity index (χ3v) is 2.89. The topological polar surface area (TPSA) is 34.0 Å². The van der Waals surface area contributed by atoms with E-state index in [4.69, 9.17) is 0 Å². The van der Waals surface area contributed by atoms with Crippen molar-refractivity contribution < 1.29 is 4.39 Å². The summed E-state index contributed by atoms with van der Waals surface area (Å²) < 4.78 is 15.1. The van der Waals surface area contributed by atoms with Gasteiger partial charge in [-0.1, -0.05) is 25.1 Å². The first-order chi connectivity index (χ1) is 9.20. The molecule has 1 aromatic heterocycles. The fraction of sp³-hybridized carbons (Fsp3) is 0.267. The number of pyridine rings is 1. The van der Waals surface area contributed by atoms with Crippen LogP contribution in [0.2, 0.25) is 0 Å². The largest absolute Gasteiger partial charge is 0.380 e. The first-order valence-electron chi connectivity index (χ1n) is 6.38. The minimum Gasteiger partial charge on any atom is -0.380 e. The van der Waals surface area contributed by atoms with Crippen LogP contribution in [-0.4, -0.2) is 4.57 Å². The zero-order valence-electron chi connectivity index (χ0n) is 10.9. The molecule has 0 spiro atoms. The second-order valence-corrected chi connectivity index (χ2v) is 4.39. The first-order valence-corrected chi connectivity index (χ1v) is 6.38. The fourth-order valence-electron chi connectivity index (χ4n) is 1.89. The molecule has 100 valence electrons. The van der Waals surface area contributed by atoms with Gasteiger partial charge in [0.15, 0.2) is 0 Å². The van der Waals surface area contributed by atoms with E-state index in [1.165, 1.54) is 12.1 Å². The summed E-state index contributed by atoms with van der Waals surface area (Å²) in [5.41, 5.74) is 1.41. The second-order valence-electron chi connectivity index (χ2n) is 4.39. The van der Waals surface area contributed by atoms with E-state index < -0.39 is 0 Å². The number of hydrogen-bond donors (Lipinski definition) is 1. The predicted molar refractivity (Wildman–Crippen MR) is 74.7 cm³/mol. The molecular formula is C15H17FN2O. The minimum atomic E-state index is -0.225. The van der Waals surface area contributed by atoms with E-state index in [1.54, 1.807) is 35.0 Å². The van der Waals surface area contributed by atoms with Crippen molar-refractivity contribution in [2.75, 3.05) is 5.32 Å². The van der Waals surface area contributed by atoms with Crippen molar-refractivity contribution in [3.63, 3.8) is 0 Å². The van der Waals surface area contributed by atoms with Gasteiger partial charge in [-0.05, 0) is 18.6 Å². The summed E-state index contributed by atoms with van der Waals surface area (Å²) in [7, 11) is 0. The number of benzene rings is 1. The van der Waals surface area contributed by atoms with E-state index >= 15 is 0 Å². The molecule has 0 bridgehead atoms. The van der Waals surface area contributed by atoms with Crippen LogP contribution in [0.4, 0.5) is 10.1 Å². The Hall–Kier alpha value is -2.10. The van der Waals surface area contributed by atoms with E-state index in [-0.39, 0.29) is 11.4 Å². The molecule has 1 aromatic carbocycles. The van der Waals surface area contributed by atoms with Gasteiger partial charge in [0.05, 0.1) is 5.69 Å². The first kappa shape index (κ1) is 13.3. The molecule has 0 aliphatic rings. The predicted octanol–water partition coefficient (Wildman–Crippen LogP) is 3.01. The van der Waals surface area contributed by atoms with Gasteiger partial charge in [0.2, 0.25) is 0 Å². The number of hydrogen-bond acceptors (Lipinski definition) is 2. The number of anilines is 1. The standard InChI is InChI=1S/C15H17FN2O/c1-2-9-18-11-13(7-8-15(18)19)17-10-12-5-3-4-6-14(12)16/h3-8,11,17H,2,9-10H2,1H3. The molecule has 4 heteroatoms. The molecule has 0 amide bonds. The lowest BCUT2D eigenvalue weighted by Gasteiger charge is -2.10. The van der Waals surface area contributed by atoms with E-state index in [2.05, 4.69) is 5.32 Å². The summed E-state index contributed by atoms with van der Waals surface area (Å²) in [5.74, 6) is -0.225. The van der Waals surface area contributed by atoms with Crippen molar-refractivity contribution in [3.05, 3.63) is 64.3 Å². The normalized spacial score (nSPS) is 10.4. The van der Waals surface area contributed by atoms with Gasteiger partial charge in [0.25, 0.3) is 5.56 Å². The summed E-state index contributed by atoms with van der Waals surface area (Å²) in [6.45, 7) is 3.11. The van der Waals surface area contributed by atoms with Gasteiger partial charge in [-0.3, -0.25) is 4.79 Å². The Morgan fingerprint density at radius 1 is 1.21 bits per heavy atom. The quantitative estimate of drug-likeness (QED) is 0.896. The zero-order valence-corrected chi connectivity index (χ0v) is 10.9.